The largest absolute Gasteiger partial charge is 0.493 e. The number of rotatable bonds is 5. The van der Waals surface area contributed by atoms with Crippen LogP contribution in [0.15, 0.2) is 16.6 Å². The molecule has 0 saturated carbocycles. The summed E-state index contributed by atoms with van der Waals surface area (Å²) in [4.78, 5) is 0. The molecule has 100 valence electrons. The number of halogens is 2. The summed E-state index contributed by atoms with van der Waals surface area (Å²) in [5.41, 5.74) is 2.79. The van der Waals surface area contributed by atoms with Gasteiger partial charge in [0.15, 0.2) is 0 Å². The van der Waals surface area contributed by atoms with Gasteiger partial charge in [-0.3, -0.25) is 0 Å². The van der Waals surface area contributed by atoms with Crippen LogP contribution in [0, 0.1) is 5.41 Å². The summed E-state index contributed by atoms with van der Waals surface area (Å²) < 4.78 is 6.94. The summed E-state index contributed by atoms with van der Waals surface area (Å²) in [6.45, 7) is 5.29. The molecule has 1 aliphatic heterocycles. The van der Waals surface area contributed by atoms with Crippen LogP contribution in [0.1, 0.15) is 37.8 Å². The molecule has 3 heteroatoms. The van der Waals surface area contributed by atoms with E-state index in [1.54, 1.807) is 0 Å². The maximum Gasteiger partial charge on any atom is 0.125 e. The van der Waals surface area contributed by atoms with Crippen LogP contribution >= 0.6 is 27.5 Å². The van der Waals surface area contributed by atoms with Gasteiger partial charge in [0.25, 0.3) is 0 Å². The molecule has 0 bridgehead atoms. The summed E-state index contributed by atoms with van der Waals surface area (Å²) in [6.07, 6.45) is 4.33. The van der Waals surface area contributed by atoms with Crippen molar-refractivity contribution in [2.45, 2.75) is 39.5 Å². The first-order chi connectivity index (χ1) is 8.58. The molecule has 1 heterocycles. The lowest BCUT2D eigenvalue weighted by atomic mass is 9.81. The third kappa shape index (κ3) is 3.03. The molecule has 1 aromatic carbocycles. The van der Waals surface area contributed by atoms with Crippen molar-refractivity contribution in [3.05, 3.63) is 27.7 Å². The molecule has 18 heavy (non-hydrogen) atoms. The van der Waals surface area contributed by atoms with Gasteiger partial charge < -0.3 is 4.74 Å². The molecule has 0 fully saturated rings. The zero-order valence-corrected chi connectivity index (χ0v) is 13.4. The normalized spacial score (nSPS) is 17.1. The Balaban J connectivity index is 2.28. The number of alkyl halides is 1. The highest BCUT2D eigenvalue weighted by atomic mass is 79.9. The Labute approximate surface area is 123 Å². The van der Waals surface area contributed by atoms with Gasteiger partial charge in [-0.05, 0) is 41.5 Å². The van der Waals surface area contributed by atoms with Crippen molar-refractivity contribution in [2.75, 3.05) is 12.5 Å². The molecule has 1 nitrogen and oxygen atoms in total. The highest BCUT2D eigenvalue weighted by Crippen LogP contribution is 2.38. The first-order valence-corrected chi connectivity index (χ1v) is 7.91. The Morgan fingerprint density at radius 3 is 2.89 bits per heavy atom. The third-order valence-corrected chi connectivity index (χ3v) is 4.72. The molecule has 0 aromatic heterocycles. The smallest absolute Gasteiger partial charge is 0.125 e. The molecule has 0 saturated heterocycles. The number of fused-ring (bicyclic) bond motifs is 1. The maximum atomic E-state index is 6.18. The van der Waals surface area contributed by atoms with E-state index in [-0.39, 0.29) is 5.41 Å². The average molecular weight is 332 g/mol. The Hall–Kier alpha value is -0.210. The molecule has 1 atom stereocenters. The van der Waals surface area contributed by atoms with E-state index in [0.717, 1.165) is 36.1 Å². The minimum absolute atomic E-state index is 0.164. The molecule has 0 aliphatic carbocycles. The lowest BCUT2D eigenvalue weighted by Crippen LogP contribution is -2.21. The van der Waals surface area contributed by atoms with E-state index in [0.29, 0.717) is 5.88 Å². The highest BCUT2D eigenvalue weighted by molar-refractivity contribution is 9.10. The average Bonchev–Trinajstić information content (AvgIpc) is 2.77. The van der Waals surface area contributed by atoms with Crippen LogP contribution in [0.3, 0.4) is 0 Å². The second-order valence-corrected chi connectivity index (χ2v) is 6.71. The van der Waals surface area contributed by atoms with Crippen molar-refractivity contribution in [3.8, 4) is 5.75 Å². The first kappa shape index (κ1) is 14.2. The molecule has 1 unspecified atom stereocenters. The van der Waals surface area contributed by atoms with Crippen LogP contribution in [0.4, 0.5) is 0 Å². The van der Waals surface area contributed by atoms with Gasteiger partial charge in [0.1, 0.15) is 5.75 Å². The monoisotopic (exact) mass is 330 g/mol. The molecule has 0 amide bonds. The third-order valence-electron chi connectivity index (χ3n) is 3.62. The fourth-order valence-electron chi connectivity index (χ4n) is 2.74. The van der Waals surface area contributed by atoms with E-state index in [9.17, 15) is 0 Å². The molecule has 0 radical (unpaired) electrons. The topological polar surface area (TPSA) is 9.23 Å². The Bertz CT molecular complexity index is 433. The maximum absolute atomic E-state index is 6.18. The fourth-order valence-corrected chi connectivity index (χ4v) is 3.52. The Morgan fingerprint density at radius 2 is 2.22 bits per heavy atom. The van der Waals surface area contributed by atoms with E-state index >= 15 is 0 Å². The minimum Gasteiger partial charge on any atom is -0.493 e. The van der Waals surface area contributed by atoms with Crippen molar-refractivity contribution in [1.82, 2.24) is 0 Å². The van der Waals surface area contributed by atoms with Crippen molar-refractivity contribution in [3.63, 3.8) is 0 Å². The predicted molar refractivity (Wildman–Crippen MR) is 80.8 cm³/mol. The van der Waals surface area contributed by atoms with Crippen molar-refractivity contribution in [2.24, 2.45) is 5.41 Å². The van der Waals surface area contributed by atoms with Gasteiger partial charge in [0.05, 0.1) is 6.61 Å². The Kier molecular flexibility index (Phi) is 4.60. The molecule has 0 spiro atoms. The molecule has 0 N–H and O–H groups in total. The van der Waals surface area contributed by atoms with Gasteiger partial charge in [-0.1, -0.05) is 36.2 Å². The number of ether oxygens (including phenoxy) is 1. The van der Waals surface area contributed by atoms with Gasteiger partial charge in [0.2, 0.25) is 0 Å². The number of benzene rings is 1. The van der Waals surface area contributed by atoms with Gasteiger partial charge in [-0.25, -0.2) is 0 Å². The predicted octanol–water partition coefficient (Wildman–Crippen LogP) is 4.97. The van der Waals surface area contributed by atoms with Crippen LogP contribution in [0.25, 0.3) is 0 Å². The van der Waals surface area contributed by atoms with E-state index in [4.69, 9.17) is 16.3 Å². The first-order valence-electron chi connectivity index (χ1n) is 6.58. The van der Waals surface area contributed by atoms with Gasteiger partial charge in [-0.2, -0.15) is 0 Å². The summed E-state index contributed by atoms with van der Waals surface area (Å²) in [5.74, 6) is 1.80. The van der Waals surface area contributed by atoms with Crippen LogP contribution in [-0.4, -0.2) is 12.5 Å². The van der Waals surface area contributed by atoms with Gasteiger partial charge in [0, 0.05) is 16.8 Å². The fraction of sp³-hybridized carbons (Fsp3) is 0.600. The minimum atomic E-state index is 0.164. The molecular formula is C15H20BrClO. The number of hydrogen-bond acceptors (Lipinski definition) is 1. The van der Waals surface area contributed by atoms with E-state index in [1.807, 2.05) is 0 Å². The van der Waals surface area contributed by atoms with Gasteiger partial charge >= 0.3 is 0 Å². The second kappa shape index (κ2) is 5.83. The quantitative estimate of drug-likeness (QED) is 0.692. The van der Waals surface area contributed by atoms with Crippen LogP contribution in [0.2, 0.25) is 0 Å². The molecular weight excluding hydrogens is 312 g/mol. The van der Waals surface area contributed by atoms with E-state index < -0.39 is 0 Å². The van der Waals surface area contributed by atoms with E-state index in [1.165, 1.54) is 17.5 Å². The second-order valence-electron chi connectivity index (χ2n) is 5.52. The van der Waals surface area contributed by atoms with Gasteiger partial charge in [-0.15, -0.1) is 11.6 Å². The summed E-state index contributed by atoms with van der Waals surface area (Å²) in [6, 6.07) is 4.36. The SMILES string of the molecule is CCCC(C)(CCl)Cc1cc(Br)cc2c1OCC2. The lowest BCUT2D eigenvalue weighted by molar-refractivity contribution is 0.318. The summed E-state index contributed by atoms with van der Waals surface area (Å²) >= 11 is 9.77. The van der Waals surface area contributed by atoms with Crippen molar-refractivity contribution in [1.29, 1.82) is 0 Å². The van der Waals surface area contributed by atoms with Crippen LogP contribution in [-0.2, 0) is 12.8 Å². The highest BCUT2D eigenvalue weighted by Gasteiger charge is 2.26. The van der Waals surface area contributed by atoms with Crippen molar-refractivity contribution < 1.29 is 4.74 Å². The van der Waals surface area contributed by atoms with Crippen molar-refractivity contribution >= 4 is 27.5 Å². The standard InChI is InChI=1S/C15H20BrClO/c1-3-5-15(2,10-17)9-12-8-13(16)7-11-4-6-18-14(11)12/h7-8H,3-6,9-10H2,1-2H3. The zero-order valence-electron chi connectivity index (χ0n) is 11.1. The molecule has 1 aliphatic rings. The lowest BCUT2D eigenvalue weighted by Gasteiger charge is -2.27. The zero-order chi connectivity index (χ0) is 13.2. The number of hydrogen-bond donors (Lipinski definition) is 0. The summed E-state index contributed by atoms with van der Waals surface area (Å²) in [7, 11) is 0. The summed E-state index contributed by atoms with van der Waals surface area (Å²) in [5, 5.41) is 0. The van der Waals surface area contributed by atoms with E-state index in [2.05, 4.69) is 41.9 Å². The van der Waals surface area contributed by atoms with Crippen LogP contribution < -0.4 is 4.74 Å². The molecule has 1 aromatic rings. The Morgan fingerprint density at radius 1 is 1.44 bits per heavy atom. The van der Waals surface area contributed by atoms with Crippen LogP contribution in [0.5, 0.6) is 5.75 Å². The molecule has 2 rings (SSSR count).